The summed E-state index contributed by atoms with van der Waals surface area (Å²) in [4.78, 5) is 16.6. The van der Waals surface area contributed by atoms with Gasteiger partial charge in [0.05, 0.1) is 24.2 Å². The second-order valence-electron chi connectivity index (χ2n) is 6.91. The van der Waals surface area contributed by atoms with E-state index in [4.69, 9.17) is 14.0 Å². The lowest BCUT2D eigenvalue weighted by molar-refractivity contribution is 0.0503. The second kappa shape index (κ2) is 8.76. The van der Waals surface area contributed by atoms with Gasteiger partial charge in [0.25, 0.3) is 0 Å². The van der Waals surface area contributed by atoms with Gasteiger partial charge in [0.2, 0.25) is 5.88 Å². The lowest BCUT2D eigenvalue weighted by Gasteiger charge is -2.23. The van der Waals surface area contributed by atoms with Gasteiger partial charge in [0.15, 0.2) is 0 Å². The first-order chi connectivity index (χ1) is 12.9. The molecule has 2 aromatic rings. The number of ether oxygens (including phenoxy) is 2. The number of aromatic nitrogens is 1. The van der Waals surface area contributed by atoms with E-state index in [1.54, 1.807) is 38.3 Å². The third kappa shape index (κ3) is 7.33. The molecule has 11 heteroatoms. The van der Waals surface area contributed by atoms with Crippen LogP contribution >= 0.6 is 11.3 Å². The Bertz CT molecular complexity index is 904. The van der Waals surface area contributed by atoms with Crippen molar-refractivity contribution in [1.82, 2.24) is 10.3 Å². The van der Waals surface area contributed by atoms with Gasteiger partial charge >= 0.3 is 16.4 Å². The summed E-state index contributed by atoms with van der Waals surface area (Å²) in [6.07, 6.45) is -0.182. The molecule has 1 heterocycles. The van der Waals surface area contributed by atoms with Crippen molar-refractivity contribution >= 4 is 33.4 Å². The SMILES string of the molecule is COc1csc(C(Cc2ccc(NS(=O)(=O)O)cc2)NC(=O)OC(C)(C)C)n1. The van der Waals surface area contributed by atoms with Gasteiger partial charge in [-0.1, -0.05) is 12.1 Å². The number of hydrogen-bond donors (Lipinski definition) is 3. The predicted octanol–water partition coefficient (Wildman–Crippen LogP) is 3.17. The van der Waals surface area contributed by atoms with Gasteiger partial charge in [-0.15, -0.1) is 11.3 Å². The first-order valence-corrected chi connectivity index (χ1v) is 10.6. The van der Waals surface area contributed by atoms with E-state index in [0.717, 1.165) is 5.56 Å². The van der Waals surface area contributed by atoms with Crippen LogP contribution in [-0.4, -0.2) is 36.8 Å². The largest absolute Gasteiger partial charge is 0.480 e. The van der Waals surface area contributed by atoms with Crippen molar-refractivity contribution in [1.29, 1.82) is 0 Å². The third-order valence-corrected chi connectivity index (χ3v) is 4.77. The van der Waals surface area contributed by atoms with Crippen LogP contribution in [0.2, 0.25) is 0 Å². The Balaban J connectivity index is 2.18. The first kappa shape index (κ1) is 21.9. The fourth-order valence-electron chi connectivity index (χ4n) is 2.27. The molecule has 9 nitrogen and oxygen atoms in total. The normalized spacial score (nSPS) is 12.9. The van der Waals surface area contributed by atoms with E-state index in [1.807, 2.05) is 4.72 Å². The molecule has 0 aliphatic heterocycles. The molecule has 0 fully saturated rings. The van der Waals surface area contributed by atoms with Gasteiger partial charge in [-0.2, -0.15) is 8.42 Å². The molecule has 28 heavy (non-hydrogen) atoms. The molecule has 0 aliphatic rings. The van der Waals surface area contributed by atoms with Gasteiger partial charge in [0, 0.05) is 0 Å². The number of thiazole rings is 1. The summed E-state index contributed by atoms with van der Waals surface area (Å²) in [6.45, 7) is 5.32. The molecule has 1 atom stereocenters. The van der Waals surface area contributed by atoms with E-state index in [1.165, 1.54) is 30.6 Å². The number of nitrogens with one attached hydrogen (secondary N) is 2. The maximum atomic E-state index is 12.2. The van der Waals surface area contributed by atoms with Gasteiger partial charge in [-0.25, -0.2) is 9.78 Å². The highest BCUT2D eigenvalue weighted by atomic mass is 32.2. The highest BCUT2D eigenvalue weighted by Crippen LogP contribution is 2.26. The van der Waals surface area contributed by atoms with Crippen LogP contribution in [0.3, 0.4) is 0 Å². The van der Waals surface area contributed by atoms with E-state index in [-0.39, 0.29) is 5.69 Å². The summed E-state index contributed by atoms with van der Waals surface area (Å²) in [7, 11) is -2.83. The molecule has 1 aromatic heterocycles. The minimum absolute atomic E-state index is 0.221. The fraction of sp³-hybridized carbons (Fsp3) is 0.412. The van der Waals surface area contributed by atoms with Crippen LogP contribution in [0.4, 0.5) is 10.5 Å². The summed E-state index contributed by atoms with van der Waals surface area (Å²) in [5.74, 6) is 0.448. The Hall–Kier alpha value is -2.37. The fourth-order valence-corrected chi connectivity index (χ4v) is 3.52. The Morgan fingerprint density at radius 2 is 1.93 bits per heavy atom. The number of rotatable bonds is 7. The number of benzene rings is 1. The Morgan fingerprint density at radius 3 is 2.43 bits per heavy atom. The molecule has 0 radical (unpaired) electrons. The van der Waals surface area contributed by atoms with Gasteiger partial charge < -0.3 is 14.8 Å². The highest BCUT2D eigenvalue weighted by Gasteiger charge is 2.23. The Labute approximate surface area is 168 Å². The Morgan fingerprint density at radius 1 is 1.29 bits per heavy atom. The molecule has 154 valence electrons. The van der Waals surface area contributed by atoms with Gasteiger partial charge in [0.1, 0.15) is 10.6 Å². The smallest absolute Gasteiger partial charge is 0.408 e. The molecule has 1 unspecified atom stereocenters. The zero-order valence-corrected chi connectivity index (χ0v) is 17.6. The van der Waals surface area contributed by atoms with Crippen molar-refractivity contribution in [3.63, 3.8) is 0 Å². The minimum atomic E-state index is -4.34. The van der Waals surface area contributed by atoms with Crippen LogP contribution < -0.4 is 14.8 Å². The topological polar surface area (TPSA) is 127 Å². The molecular weight excluding hydrogens is 406 g/mol. The summed E-state index contributed by atoms with van der Waals surface area (Å²) >= 11 is 1.34. The van der Waals surface area contributed by atoms with Crippen molar-refractivity contribution in [2.75, 3.05) is 11.8 Å². The monoisotopic (exact) mass is 429 g/mol. The molecule has 0 bridgehead atoms. The van der Waals surface area contributed by atoms with Crippen LogP contribution in [0, 0.1) is 0 Å². The standard InChI is InChI=1S/C17H23N3O6S2/c1-17(2,3)26-16(21)18-13(15-19-14(25-4)10-27-15)9-11-5-7-12(8-6-11)20-28(22,23)24/h5-8,10,13,20H,9H2,1-4H3,(H,18,21)(H,22,23,24). The maximum Gasteiger partial charge on any atom is 0.408 e. The molecule has 0 spiro atoms. The average molecular weight is 430 g/mol. The van der Waals surface area contributed by atoms with Crippen molar-refractivity contribution in [2.45, 2.75) is 38.8 Å². The number of hydrogen-bond acceptors (Lipinski definition) is 7. The van der Waals surface area contributed by atoms with Crippen LogP contribution in [0.5, 0.6) is 5.88 Å². The minimum Gasteiger partial charge on any atom is -0.480 e. The van der Waals surface area contributed by atoms with Gasteiger partial charge in [-0.3, -0.25) is 9.27 Å². The quantitative estimate of drug-likeness (QED) is 0.577. The second-order valence-corrected chi connectivity index (χ2v) is 8.95. The molecule has 1 amide bonds. The number of methoxy groups -OCH3 is 1. The summed E-state index contributed by atoms with van der Waals surface area (Å²) in [5.41, 5.74) is 0.396. The molecule has 0 saturated heterocycles. The average Bonchev–Trinajstić information content (AvgIpc) is 3.02. The Kier molecular flexibility index (Phi) is 6.86. The summed E-state index contributed by atoms with van der Waals surface area (Å²) < 4.78 is 43.0. The zero-order valence-electron chi connectivity index (χ0n) is 15.9. The number of anilines is 1. The van der Waals surface area contributed by atoms with Crippen LogP contribution in [0.1, 0.15) is 37.4 Å². The van der Waals surface area contributed by atoms with Crippen molar-refractivity contribution in [3.8, 4) is 5.88 Å². The lowest BCUT2D eigenvalue weighted by atomic mass is 10.1. The van der Waals surface area contributed by atoms with Crippen molar-refractivity contribution in [3.05, 3.63) is 40.2 Å². The van der Waals surface area contributed by atoms with Crippen molar-refractivity contribution < 1.29 is 27.2 Å². The van der Waals surface area contributed by atoms with Crippen LogP contribution in [0.25, 0.3) is 0 Å². The molecule has 0 saturated carbocycles. The zero-order chi connectivity index (χ0) is 20.9. The maximum absolute atomic E-state index is 12.2. The molecular formula is C17H23N3O6S2. The van der Waals surface area contributed by atoms with E-state index in [0.29, 0.717) is 17.3 Å². The van der Waals surface area contributed by atoms with E-state index in [2.05, 4.69) is 10.3 Å². The molecule has 2 rings (SSSR count). The summed E-state index contributed by atoms with van der Waals surface area (Å²) in [6, 6.07) is 5.92. The predicted molar refractivity (Wildman–Crippen MR) is 106 cm³/mol. The summed E-state index contributed by atoms with van der Waals surface area (Å²) in [5, 5.41) is 5.18. The third-order valence-electron chi connectivity index (χ3n) is 3.34. The number of alkyl carbamates (subject to hydrolysis) is 1. The number of nitrogens with zero attached hydrogens (tertiary/aromatic N) is 1. The molecule has 3 N–H and O–H groups in total. The van der Waals surface area contributed by atoms with E-state index in [9.17, 15) is 13.2 Å². The molecule has 1 aromatic carbocycles. The highest BCUT2D eigenvalue weighted by molar-refractivity contribution is 7.87. The van der Waals surface area contributed by atoms with E-state index < -0.39 is 28.0 Å². The molecule has 0 aliphatic carbocycles. The van der Waals surface area contributed by atoms with Crippen molar-refractivity contribution in [2.24, 2.45) is 0 Å². The lowest BCUT2D eigenvalue weighted by Crippen LogP contribution is -2.35. The number of carbonyl (C=O) groups excluding carboxylic acids is 1. The number of carbonyl (C=O) groups is 1. The van der Waals surface area contributed by atoms with Crippen LogP contribution in [-0.2, 0) is 21.5 Å². The first-order valence-electron chi connectivity index (χ1n) is 8.28. The van der Waals surface area contributed by atoms with E-state index >= 15 is 0 Å². The number of amides is 1. The van der Waals surface area contributed by atoms with Gasteiger partial charge in [-0.05, 0) is 44.9 Å². The van der Waals surface area contributed by atoms with Crippen LogP contribution in [0.15, 0.2) is 29.6 Å².